The van der Waals surface area contributed by atoms with E-state index in [2.05, 4.69) is 79.5 Å². The molecule has 0 saturated heterocycles. The van der Waals surface area contributed by atoms with Crippen LogP contribution in [0.3, 0.4) is 0 Å². The molecular formula is C36H36N2O3. The van der Waals surface area contributed by atoms with E-state index in [0.29, 0.717) is 13.2 Å². The quantitative estimate of drug-likeness (QED) is 0.187. The molecule has 0 fully saturated rings. The van der Waals surface area contributed by atoms with Crippen LogP contribution in [-0.4, -0.2) is 23.6 Å². The van der Waals surface area contributed by atoms with E-state index in [9.17, 15) is 0 Å². The van der Waals surface area contributed by atoms with Gasteiger partial charge in [-0.05, 0) is 58.8 Å². The fourth-order valence-electron chi connectivity index (χ4n) is 5.43. The average Bonchev–Trinajstić information content (AvgIpc) is 3.49. The van der Waals surface area contributed by atoms with Crippen molar-refractivity contribution in [3.05, 3.63) is 125 Å². The molecule has 208 valence electrons. The van der Waals surface area contributed by atoms with Gasteiger partial charge in [0, 0.05) is 30.3 Å². The number of rotatable bonds is 9. The molecule has 1 aliphatic rings. The van der Waals surface area contributed by atoms with Crippen LogP contribution in [-0.2, 0) is 26.2 Å². The molecule has 1 aromatic heterocycles. The second kappa shape index (κ2) is 12.0. The Labute approximate surface area is 242 Å². The number of hydrogen-bond donors (Lipinski definition) is 0. The average molecular weight is 545 g/mol. The number of hydrogen-bond acceptors (Lipinski definition) is 5. The van der Waals surface area contributed by atoms with Crippen LogP contribution < -0.4 is 9.47 Å². The molecule has 2 heterocycles. The highest BCUT2D eigenvalue weighted by atomic mass is 16.5. The van der Waals surface area contributed by atoms with Crippen molar-refractivity contribution in [2.45, 2.75) is 45.9 Å². The largest absolute Gasteiger partial charge is 0.488 e. The lowest BCUT2D eigenvalue weighted by atomic mass is 9.92. The predicted molar refractivity (Wildman–Crippen MR) is 163 cm³/mol. The fourth-order valence-corrected chi connectivity index (χ4v) is 5.43. The molecule has 0 aliphatic carbocycles. The van der Waals surface area contributed by atoms with Crippen molar-refractivity contribution in [1.29, 1.82) is 0 Å². The number of benzene rings is 4. The molecule has 6 rings (SSSR count). The molecule has 0 bridgehead atoms. The summed E-state index contributed by atoms with van der Waals surface area (Å²) in [6, 6.07) is 31.4. The lowest BCUT2D eigenvalue weighted by Gasteiger charge is -2.25. The second-order valence-corrected chi connectivity index (χ2v) is 11.1. The van der Waals surface area contributed by atoms with E-state index in [-0.39, 0.29) is 5.92 Å². The molecule has 0 spiro atoms. The smallest absolute Gasteiger partial charge is 0.133 e. The summed E-state index contributed by atoms with van der Waals surface area (Å²) in [6.07, 6.45) is 2.79. The fraction of sp³-hybridized carbons (Fsp3) is 0.250. The summed E-state index contributed by atoms with van der Waals surface area (Å²) in [5, 5.41) is 4.52. The zero-order valence-corrected chi connectivity index (χ0v) is 24.0. The highest BCUT2D eigenvalue weighted by Gasteiger charge is 2.23. The van der Waals surface area contributed by atoms with Crippen LogP contribution in [0.5, 0.6) is 11.5 Å². The lowest BCUT2D eigenvalue weighted by molar-refractivity contribution is 0.287. The zero-order valence-electron chi connectivity index (χ0n) is 24.0. The number of aromatic nitrogens is 1. The molecule has 0 N–H and O–H groups in total. The van der Waals surface area contributed by atoms with E-state index in [4.69, 9.17) is 14.0 Å². The van der Waals surface area contributed by atoms with Crippen LogP contribution in [0, 0.1) is 0 Å². The van der Waals surface area contributed by atoms with Crippen LogP contribution in [0.25, 0.3) is 22.4 Å². The monoisotopic (exact) mass is 544 g/mol. The van der Waals surface area contributed by atoms with Crippen LogP contribution in [0.2, 0.25) is 0 Å². The Bertz CT molecular complexity index is 1610. The highest BCUT2D eigenvalue weighted by Crippen LogP contribution is 2.43. The van der Waals surface area contributed by atoms with Gasteiger partial charge in [0.15, 0.2) is 0 Å². The molecule has 5 nitrogen and oxygen atoms in total. The highest BCUT2D eigenvalue weighted by molar-refractivity contribution is 5.84. The first-order valence-electron chi connectivity index (χ1n) is 14.3. The van der Waals surface area contributed by atoms with E-state index >= 15 is 0 Å². The summed E-state index contributed by atoms with van der Waals surface area (Å²) in [7, 11) is 2.17. The van der Waals surface area contributed by atoms with Crippen LogP contribution in [0.1, 0.15) is 47.6 Å². The van der Waals surface area contributed by atoms with Gasteiger partial charge in [0.05, 0.1) is 0 Å². The molecule has 1 aliphatic heterocycles. The Morgan fingerprint density at radius 3 is 2.15 bits per heavy atom. The molecular weight excluding hydrogens is 508 g/mol. The van der Waals surface area contributed by atoms with E-state index in [0.717, 1.165) is 70.1 Å². The molecule has 0 atom stereocenters. The minimum absolute atomic E-state index is 0.235. The molecule has 0 saturated carbocycles. The van der Waals surface area contributed by atoms with Gasteiger partial charge in [-0.2, -0.15) is 0 Å². The van der Waals surface area contributed by atoms with Crippen molar-refractivity contribution >= 4 is 0 Å². The summed E-state index contributed by atoms with van der Waals surface area (Å²) < 4.78 is 18.5. The maximum absolute atomic E-state index is 6.50. The first-order valence-corrected chi connectivity index (χ1v) is 14.3. The Kier molecular flexibility index (Phi) is 7.88. The lowest BCUT2D eigenvalue weighted by Crippen LogP contribution is -2.26. The summed E-state index contributed by atoms with van der Waals surface area (Å²) in [5.74, 6) is 1.77. The van der Waals surface area contributed by atoms with Gasteiger partial charge in [-0.1, -0.05) is 97.9 Å². The number of likely N-dealkylation sites (N-methyl/N-ethyl adjacent to an activating group) is 1. The Morgan fingerprint density at radius 1 is 0.780 bits per heavy atom. The number of ether oxygens (including phenoxy) is 2. The summed E-state index contributed by atoms with van der Waals surface area (Å²) in [5.41, 5.74) is 9.84. The van der Waals surface area contributed by atoms with Crippen LogP contribution >= 0.6 is 0 Å². The first-order chi connectivity index (χ1) is 20.0. The predicted octanol–water partition coefficient (Wildman–Crippen LogP) is 8.28. The Hall–Kier alpha value is -4.35. The van der Waals surface area contributed by atoms with Crippen molar-refractivity contribution in [1.82, 2.24) is 10.1 Å². The van der Waals surface area contributed by atoms with Gasteiger partial charge >= 0.3 is 0 Å². The molecule has 4 aromatic carbocycles. The van der Waals surface area contributed by atoms with E-state index < -0.39 is 0 Å². The molecule has 0 unspecified atom stereocenters. The van der Waals surface area contributed by atoms with E-state index in [1.54, 1.807) is 6.26 Å². The SMILES string of the molecule is CC(C)c1cc(-c2nocc2-c2ccc3c(c2)CCN(C)C3)c(OCc2ccccc2)cc1OCc1ccccc1. The third-order valence-corrected chi connectivity index (χ3v) is 7.75. The van der Waals surface area contributed by atoms with E-state index in [1.165, 1.54) is 11.1 Å². The molecule has 0 amide bonds. The zero-order chi connectivity index (χ0) is 28.2. The second-order valence-electron chi connectivity index (χ2n) is 11.1. The molecule has 5 aromatic rings. The van der Waals surface area contributed by atoms with Gasteiger partial charge in [-0.3, -0.25) is 0 Å². The maximum Gasteiger partial charge on any atom is 0.133 e. The molecule has 41 heavy (non-hydrogen) atoms. The molecule has 5 heteroatoms. The number of nitrogens with zero attached hydrogens (tertiary/aromatic N) is 2. The van der Waals surface area contributed by atoms with Gasteiger partial charge in [0.1, 0.15) is 36.7 Å². The Morgan fingerprint density at radius 2 is 1.46 bits per heavy atom. The standard InChI is InChI=1S/C36H36N2O3/c1-25(2)31-19-32(36-33(24-41-37-36)29-14-15-30-21-38(3)17-16-28(30)18-29)35(40-23-27-12-8-5-9-13-27)20-34(31)39-22-26-10-6-4-7-11-26/h4-15,18-20,24-25H,16-17,21-23H2,1-3H3. The Balaban J connectivity index is 1.40. The minimum atomic E-state index is 0.235. The van der Waals surface area contributed by atoms with Gasteiger partial charge in [-0.15, -0.1) is 0 Å². The number of fused-ring (bicyclic) bond motifs is 1. The molecule has 0 radical (unpaired) electrons. The first kappa shape index (κ1) is 26.9. The van der Waals surface area contributed by atoms with Gasteiger partial charge in [0.2, 0.25) is 0 Å². The van der Waals surface area contributed by atoms with E-state index in [1.807, 2.05) is 42.5 Å². The summed E-state index contributed by atoms with van der Waals surface area (Å²) in [6.45, 7) is 7.33. The normalized spacial score (nSPS) is 13.3. The van der Waals surface area contributed by atoms with Crippen molar-refractivity contribution in [2.24, 2.45) is 0 Å². The van der Waals surface area contributed by atoms with Crippen LogP contribution in [0.15, 0.2) is 102 Å². The minimum Gasteiger partial charge on any atom is -0.488 e. The van der Waals surface area contributed by atoms with Crippen LogP contribution in [0.4, 0.5) is 0 Å². The van der Waals surface area contributed by atoms with Gasteiger partial charge < -0.3 is 18.9 Å². The third kappa shape index (κ3) is 6.06. The summed E-state index contributed by atoms with van der Waals surface area (Å²) >= 11 is 0. The van der Waals surface area contributed by atoms with Gasteiger partial charge in [0.25, 0.3) is 0 Å². The van der Waals surface area contributed by atoms with Crippen molar-refractivity contribution in [3.63, 3.8) is 0 Å². The van der Waals surface area contributed by atoms with Crippen molar-refractivity contribution in [2.75, 3.05) is 13.6 Å². The maximum atomic E-state index is 6.50. The summed E-state index contributed by atoms with van der Waals surface area (Å²) in [4.78, 5) is 2.36. The van der Waals surface area contributed by atoms with Crippen molar-refractivity contribution < 1.29 is 14.0 Å². The van der Waals surface area contributed by atoms with Crippen molar-refractivity contribution in [3.8, 4) is 33.9 Å². The van der Waals surface area contributed by atoms with Gasteiger partial charge in [-0.25, -0.2) is 0 Å². The topological polar surface area (TPSA) is 47.7 Å². The third-order valence-electron chi connectivity index (χ3n) is 7.75.